The first-order valence-electron chi connectivity index (χ1n) is 5.84. The van der Waals surface area contributed by atoms with Crippen LogP contribution in [0.2, 0.25) is 5.15 Å². The zero-order chi connectivity index (χ0) is 14.2. The molecule has 2 rings (SSSR count). The number of hydrogen-bond donors (Lipinski definition) is 0. The predicted molar refractivity (Wildman–Crippen MR) is 80.4 cm³/mol. The van der Waals surface area contributed by atoms with Crippen molar-refractivity contribution < 1.29 is 4.79 Å². The van der Waals surface area contributed by atoms with E-state index in [2.05, 4.69) is 21.0 Å². The Kier molecular flexibility index (Phi) is 3.83. The Labute approximate surface area is 125 Å². The minimum absolute atomic E-state index is 0.236. The summed E-state index contributed by atoms with van der Waals surface area (Å²) < 4.78 is 2.57. The topological polar surface area (TPSA) is 34.9 Å². The predicted octanol–water partition coefficient (Wildman–Crippen LogP) is 4.40. The van der Waals surface area contributed by atoms with Crippen LogP contribution in [0.5, 0.6) is 0 Å². The summed E-state index contributed by atoms with van der Waals surface area (Å²) in [7, 11) is 0. The molecule has 0 unspecified atom stereocenters. The summed E-state index contributed by atoms with van der Waals surface area (Å²) in [6.07, 6.45) is 0.769. The lowest BCUT2D eigenvalue weighted by atomic mass is 9.90. The maximum atomic E-state index is 11.2. The number of carbonyl (C=O) groups is 1. The Balaban J connectivity index is 2.63. The molecule has 0 bridgehead atoms. The van der Waals surface area contributed by atoms with E-state index in [9.17, 15) is 4.79 Å². The summed E-state index contributed by atoms with van der Waals surface area (Å²) in [6.45, 7) is 6.01. The van der Waals surface area contributed by atoms with Crippen LogP contribution in [0.15, 0.2) is 28.7 Å². The highest BCUT2D eigenvalue weighted by atomic mass is 79.9. The van der Waals surface area contributed by atoms with Gasteiger partial charge in [-0.25, -0.2) is 4.68 Å². The molecular formula is C14H14BrClN2O. The number of benzene rings is 1. The first-order chi connectivity index (χ1) is 8.84. The molecular weight excluding hydrogens is 328 g/mol. The van der Waals surface area contributed by atoms with Gasteiger partial charge in [-0.15, -0.1) is 0 Å². The molecule has 0 spiro atoms. The lowest BCUT2D eigenvalue weighted by Crippen LogP contribution is -2.14. The van der Waals surface area contributed by atoms with Crippen molar-refractivity contribution in [3.05, 3.63) is 45.1 Å². The van der Waals surface area contributed by atoms with Crippen LogP contribution < -0.4 is 0 Å². The fourth-order valence-corrected chi connectivity index (χ4v) is 2.36. The van der Waals surface area contributed by atoms with Gasteiger partial charge in [-0.2, -0.15) is 5.10 Å². The molecule has 3 nitrogen and oxygen atoms in total. The first-order valence-corrected chi connectivity index (χ1v) is 7.02. The van der Waals surface area contributed by atoms with E-state index in [4.69, 9.17) is 11.6 Å². The van der Waals surface area contributed by atoms with E-state index in [0.717, 1.165) is 16.4 Å². The summed E-state index contributed by atoms with van der Waals surface area (Å²) in [5, 5.41) is 4.84. The molecule has 5 heteroatoms. The van der Waals surface area contributed by atoms with Crippen molar-refractivity contribution in [2.75, 3.05) is 0 Å². The maximum Gasteiger partial charge on any atom is 0.155 e. The van der Waals surface area contributed by atoms with Gasteiger partial charge in [0.1, 0.15) is 5.15 Å². The second kappa shape index (κ2) is 5.10. The van der Waals surface area contributed by atoms with Crippen molar-refractivity contribution in [3.63, 3.8) is 0 Å². The number of aldehydes is 1. The van der Waals surface area contributed by atoms with Crippen LogP contribution in [0, 0.1) is 0 Å². The van der Waals surface area contributed by atoms with Gasteiger partial charge in [-0.1, -0.05) is 48.3 Å². The largest absolute Gasteiger partial charge is 0.298 e. The van der Waals surface area contributed by atoms with Gasteiger partial charge in [0.25, 0.3) is 0 Å². The van der Waals surface area contributed by atoms with E-state index < -0.39 is 0 Å². The zero-order valence-electron chi connectivity index (χ0n) is 10.9. The van der Waals surface area contributed by atoms with Crippen LogP contribution in [0.3, 0.4) is 0 Å². The van der Waals surface area contributed by atoms with Gasteiger partial charge < -0.3 is 0 Å². The molecule has 0 fully saturated rings. The summed E-state index contributed by atoms with van der Waals surface area (Å²) in [4.78, 5) is 11.2. The van der Waals surface area contributed by atoms with Gasteiger partial charge in [0.05, 0.1) is 16.9 Å². The number of hydrogen-bond acceptors (Lipinski definition) is 2. The second-order valence-corrected chi connectivity index (χ2v) is 6.58. The van der Waals surface area contributed by atoms with E-state index in [1.165, 1.54) is 0 Å². The Hall–Kier alpha value is -1.13. The number of carbonyl (C=O) groups excluding carboxylic acids is 1. The third-order valence-corrected chi connectivity index (χ3v) is 3.66. The number of rotatable bonds is 2. The highest BCUT2D eigenvalue weighted by molar-refractivity contribution is 9.10. The molecule has 1 aromatic carbocycles. The van der Waals surface area contributed by atoms with Crippen LogP contribution in [0.25, 0.3) is 5.69 Å². The van der Waals surface area contributed by atoms with Gasteiger partial charge in [-0.3, -0.25) is 4.79 Å². The van der Waals surface area contributed by atoms with Crippen LogP contribution in [0.1, 0.15) is 36.8 Å². The number of aromatic nitrogens is 2. The molecule has 100 valence electrons. The quantitative estimate of drug-likeness (QED) is 0.759. The van der Waals surface area contributed by atoms with Gasteiger partial charge in [-0.05, 0) is 24.3 Å². The van der Waals surface area contributed by atoms with Crippen molar-refractivity contribution in [2.45, 2.75) is 26.2 Å². The summed E-state index contributed by atoms with van der Waals surface area (Å²) >= 11 is 9.65. The van der Waals surface area contributed by atoms with E-state index in [0.29, 0.717) is 16.4 Å². The molecule has 0 radical (unpaired) electrons. The maximum absolute atomic E-state index is 11.2. The molecule has 1 aromatic heterocycles. The van der Waals surface area contributed by atoms with Crippen molar-refractivity contribution in [3.8, 4) is 5.69 Å². The molecule has 19 heavy (non-hydrogen) atoms. The Morgan fingerprint density at radius 1 is 1.26 bits per heavy atom. The number of halogens is 2. The third kappa shape index (κ3) is 2.74. The van der Waals surface area contributed by atoms with Crippen molar-refractivity contribution >= 4 is 33.8 Å². The molecule has 0 saturated heterocycles. The molecule has 0 aliphatic rings. The standard InChI is InChI=1S/C14H14BrClN2O/c1-14(2,3)12-11(8-19)13(16)18(17-12)10-6-4-9(15)5-7-10/h4-8H,1-3H3. The molecule has 0 atom stereocenters. The minimum atomic E-state index is -0.236. The average Bonchev–Trinajstić information content (AvgIpc) is 2.67. The Bertz CT molecular complexity index is 612. The molecule has 0 saturated carbocycles. The molecule has 0 aliphatic carbocycles. The number of nitrogens with zero attached hydrogens (tertiary/aromatic N) is 2. The highest BCUT2D eigenvalue weighted by Gasteiger charge is 2.26. The van der Waals surface area contributed by atoms with E-state index in [1.54, 1.807) is 4.68 Å². The average molecular weight is 342 g/mol. The van der Waals surface area contributed by atoms with Crippen LogP contribution in [-0.4, -0.2) is 16.1 Å². The van der Waals surface area contributed by atoms with E-state index in [-0.39, 0.29) is 5.41 Å². The normalized spacial score (nSPS) is 11.6. The summed E-state index contributed by atoms with van der Waals surface area (Å²) in [6, 6.07) is 7.60. The van der Waals surface area contributed by atoms with Gasteiger partial charge in [0, 0.05) is 9.89 Å². The van der Waals surface area contributed by atoms with Gasteiger partial charge >= 0.3 is 0 Å². The SMILES string of the molecule is CC(C)(C)c1nn(-c2ccc(Br)cc2)c(Cl)c1C=O. The molecule has 0 amide bonds. The molecule has 0 aliphatic heterocycles. The molecule has 2 aromatic rings. The zero-order valence-corrected chi connectivity index (χ0v) is 13.3. The summed E-state index contributed by atoms with van der Waals surface area (Å²) in [5.74, 6) is 0. The minimum Gasteiger partial charge on any atom is -0.298 e. The fourth-order valence-electron chi connectivity index (χ4n) is 1.82. The molecule has 0 N–H and O–H groups in total. The van der Waals surface area contributed by atoms with Crippen molar-refractivity contribution in [1.82, 2.24) is 9.78 Å². The molecule has 1 heterocycles. The fraction of sp³-hybridized carbons (Fsp3) is 0.286. The van der Waals surface area contributed by atoms with Gasteiger partial charge in [0.15, 0.2) is 6.29 Å². The van der Waals surface area contributed by atoms with E-state index >= 15 is 0 Å². The van der Waals surface area contributed by atoms with Crippen LogP contribution in [0.4, 0.5) is 0 Å². The highest BCUT2D eigenvalue weighted by Crippen LogP contribution is 2.30. The lowest BCUT2D eigenvalue weighted by molar-refractivity contribution is 0.112. The van der Waals surface area contributed by atoms with Crippen LogP contribution in [-0.2, 0) is 5.41 Å². The lowest BCUT2D eigenvalue weighted by Gasteiger charge is -2.15. The first kappa shape index (κ1) is 14.3. The van der Waals surface area contributed by atoms with Crippen molar-refractivity contribution in [2.24, 2.45) is 0 Å². The second-order valence-electron chi connectivity index (χ2n) is 5.31. The van der Waals surface area contributed by atoms with Gasteiger partial charge in [0.2, 0.25) is 0 Å². The Morgan fingerprint density at radius 2 is 1.84 bits per heavy atom. The van der Waals surface area contributed by atoms with Crippen LogP contribution >= 0.6 is 27.5 Å². The summed E-state index contributed by atoms with van der Waals surface area (Å²) in [5.41, 5.74) is 1.75. The van der Waals surface area contributed by atoms with Crippen molar-refractivity contribution in [1.29, 1.82) is 0 Å². The van der Waals surface area contributed by atoms with E-state index in [1.807, 2.05) is 45.0 Å². The third-order valence-electron chi connectivity index (χ3n) is 2.76. The smallest absolute Gasteiger partial charge is 0.155 e. The Morgan fingerprint density at radius 3 is 2.26 bits per heavy atom. The monoisotopic (exact) mass is 340 g/mol.